The fourth-order valence-corrected chi connectivity index (χ4v) is 1.54. The molecule has 0 aliphatic rings. The maximum atomic E-state index is 5.94. The number of nitrogens with two attached hydrogens (primary N) is 1. The molecule has 0 radical (unpaired) electrons. The van der Waals surface area contributed by atoms with Gasteiger partial charge in [0.05, 0.1) is 13.2 Å². The predicted octanol–water partition coefficient (Wildman–Crippen LogP) is 1.86. The monoisotopic (exact) mass is 268 g/mol. The van der Waals surface area contributed by atoms with Crippen molar-refractivity contribution in [3.8, 4) is 5.88 Å². The topological polar surface area (TPSA) is 82.3 Å². The smallest absolute Gasteiger partial charge is 0.242 e. The maximum absolute atomic E-state index is 5.94. The number of aryl methyl sites for hydroxylation is 1. The highest BCUT2D eigenvalue weighted by Gasteiger charge is 2.11. The van der Waals surface area contributed by atoms with Crippen LogP contribution in [-0.4, -0.2) is 36.3 Å². The molecule has 1 aromatic rings. The number of nitrogens with one attached hydrogen (secondary N) is 1. The summed E-state index contributed by atoms with van der Waals surface area (Å²) < 4.78 is 10.6. The van der Waals surface area contributed by atoms with Crippen molar-refractivity contribution in [1.82, 2.24) is 9.97 Å². The number of nitrogens with zero attached hydrogens (tertiary/aromatic N) is 2. The van der Waals surface area contributed by atoms with E-state index >= 15 is 0 Å². The van der Waals surface area contributed by atoms with Crippen LogP contribution in [-0.2, 0) is 11.2 Å². The molecule has 0 fully saturated rings. The van der Waals surface area contributed by atoms with Crippen molar-refractivity contribution in [3.63, 3.8) is 0 Å². The zero-order valence-corrected chi connectivity index (χ0v) is 12.2. The number of nitrogen functional groups attached to an aromatic ring is 1. The number of hydrogen-bond donors (Lipinski definition) is 2. The van der Waals surface area contributed by atoms with Gasteiger partial charge in [0, 0.05) is 19.6 Å². The van der Waals surface area contributed by atoms with Crippen molar-refractivity contribution < 1.29 is 9.47 Å². The molecular formula is C13H24N4O2. The first-order chi connectivity index (χ1) is 9.08. The highest BCUT2D eigenvalue weighted by atomic mass is 16.5. The van der Waals surface area contributed by atoms with Crippen LogP contribution in [0.1, 0.15) is 33.0 Å². The fraction of sp³-hybridized carbons (Fsp3) is 0.692. The molecule has 0 saturated heterocycles. The molecular weight excluding hydrogens is 244 g/mol. The summed E-state index contributed by atoms with van der Waals surface area (Å²) in [5, 5.41) is 3.20. The molecule has 3 N–H and O–H groups in total. The van der Waals surface area contributed by atoms with Crippen molar-refractivity contribution in [2.75, 3.05) is 31.3 Å². The Bertz CT molecular complexity index is 396. The molecule has 0 aliphatic carbocycles. The normalized spacial score (nSPS) is 10.8. The Morgan fingerprint density at radius 1 is 1.32 bits per heavy atom. The van der Waals surface area contributed by atoms with Crippen LogP contribution in [0.5, 0.6) is 5.88 Å². The molecule has 0 aromatic carbocycles. The van der Waals surface area contributed by atoms with Gasteiger partial charge in [-0.1, -0.05) is 6.92 Å². The average Bonchev–Trinajstić information content (AvgIpc) is 2.39. The van der Waals surface area contributed by atoms with Crippen LogP contribution in [0, 0.1) is 0 Å². The van der Waals surface area contributed by atoms with Crippen LogP contribution >= 0.6 is 0 Å². The van der Waals surface area contributed by atoms with E-state index < -0.39 is 0 Å². The van der Waals surface area contributed by atoms with E-state index in [4.69, 9.17) is 15.2 Å². The van der Waals surface area contributed by atoms with E-state index in [0.29, 0.717) is 29.8 Å². The summed E-state index contributed by atoms with van der Waals surface area (Å²) in [6.45, 7) is 7.50. The fourth-order valence-electron chi connectivity index (χ4n) is 1.54. The van der Waals surface area contributed by atoms with E-state index in [1.807, 2.05) is 20.8 Å². The summed E-state index contributed by atoms with van der Waals surface area (Å²) >= 11 is 0. The van der Waals surface area contributed by atoms with Crippen molar-refractivity contribution in [1.29, 1.82) is 0 Å². The number of anilines is 2. The standard InChI is InChI=1S/C13H24N4O2/c1-5-10-16-12(11(14)13(17-10)18-4)15-7-6-8-19-9(2)3/h9H,5-8,14H2,1-4H3,(H,15,16,17). The Labute approximate surface area is 114 Å². The van der Waals surface area contributed by atoms with Crippen LogP contribution in [0.4, 0.5) is 11.5 Å². The Morgan fingerprint density at radius 3 is 2.63 bits per heavy atom. The molecule has 0 bridgehead atoms. The highest BCUT2D eigenvalue weighted by molar-refractivity contribution is 5.66. The zero-order chi connectivity index (χ0) is 14.3. The Kier molecular flexibility index (Phi) is 6.35. The third kappa shape index (κ3) is 4.90. The van der Waals surface area contributed by atoms with Gasteiger partial charge in [-0.15, -0.1) is 0 Å². The minimum atomic E-state index is 0.260. The van der Waals surface area contributed by atoms with Crippen LogP contribution in [0.2, 0.25) is 0 Å². The summed E-state index contributed by atoms with van der Waals surface area (Å²) in [7, 11) is 1.55. The highest BCUT2D eigenvalue weighted by Crippen LogP contribution is 2.25. The van der Waals surface area contributed by atoms with E-state index in [0.717, 1.165) is 19.4 Å². The molecule has 1 aromatic heterocycles. The van der Waals surface area contributed by atoms with Gasteiger partial charge in [0.25, 0.3) is 0 Å². The molecule has 108 valence electrons. The number of ether oxygens (including phenoxy) is 2. The van der Waals surface area contributed by atoms with Crippen molar-refractivity contribution in [3.05, 3.63) is 5.82 Å². The summed E-state index contributed by atoms with van der Waals surface area (Å²) in [4.78, 5) is 8.58. The van der Waals surface area contributed by atoms with E-state index in [2.05, 4.69) is 15.3 Å². The summed E-state index contributed by atoms with van der Waals surface area (Å²) in [6, 6.07) is 0. The van der Waals surface area contributed by atoms with Gasteiger partial charge in [0.2, 0.25) is 5.88 Å². The molecule has 6 nitrogen and oxygen atoms in total. The van der Waals surface area contributed by atoms with Gasteiger partial charge in [-0.3, -0.25) is 0 Å². The van der Waals surface area contributed by atoms with E-state index in [1.165, 1.54) is 0 Å². The minimum Gasteiger partial charge on any atom is -0.479 e. The van der Waals surface area contributed by atoms with E-state index in [-0.39, 0.29) is 6.10 Å². The van der Waals surface area contributed by atoms with Gasteiger partial charge in [-0.25, -0.2) is 4.98 Å². The largest absolute Gasteiger partial charge is 0.479 e. The van der Waals surface area contributed by atoms with E-state index in [1.54, 1.807) is 7.11 Å². The summed E-state index contributed by atoms with van der Waals surface area (Å²) in [5.41, 5.74) is 6.39. The predicted molar refractivity (Wildman–Crippen MR) is 76.6 cm³/mol. The SMILES string of the molecule is CCc1nc(NCCCOC(C)C)c(N)c(OC)n1. The van der Waals surface area contributed by atoms with Crippen LogP contribution < -0.4 is 15.8 Å². The lowest BCUT2D eigenvalue weighted by molar-refractivity contribution is 0.0787. The first-order valence-corrected chi connectivity index (χ1v) is 6.64. The summed E-state index contributed by atoms with van der Waals surface area (Å²) in [5.74, 6) is 1.77. The van der Waals surface area contributed by atoms with Crippen molar-refractivity contribution in [2.45, 2.75) is 39.7 Å². The summed E-state index contributed by atoms with van der Waals surface area (Å²) in [6.07, 6.45) is 1.89. The lowest BCUT2D eigenvalue weighted by Crippen LogP contribution is -2.13. The Morgan fingerprint density at radius 2 is 2.05 bits per heavy atom. The molecule has 19 heavy (non-hydrogen) atoms. The van der Waals surface area contributed by atoms with Gasteiger partial charge in [0.1, 0.15) is 11.5 Å². The maximum Gasteiger partial charge on any atom is 0.242 e. The Hall–Kier alpha value is -1.56. The second kappa shape index (κ2) is 7.78. The van der Waals surface area contributed by atoms with E-state index in [9.17, 15) is 0 Å². The molecule has 1 rings (SSSR count). The molecule has 0 spiro atoms. The van der Waals surface area contributed by atoms with Crippen LogP contribution in [0.15, 0.2) is 0 Å². The molecule has 6 heteroatoms. The number of aromatic nitrogens is 2. The van der Waals surface area contributed by atoms with Crippen molar-refractivity contribution in [2.24, 2.45) is 0 Å². The quantitative estimate of drug-likeness (QED) is 0.700. The average molecular weight is 268 g/mol. The van der Waals surface area contributed by atoms with Crippen molar-refractivity contribution >= 4 is 11.5 Å². The third-order valence-corrected chi connectivity index (χ3v) is 2.53. The number of rotatable bonds is 8. The molecule has 1 heterocycles. The second-order valence-electron chi connectivity index (χ2n) is 4.46. The molecule has 0 aliphatic heterocycles. The Balaban J connectivity index is 2.57. The first-order valence-electron chi connectivity index (χ1n) is 6.64. The van der Waals surface area contributed by atoms with Gasteiger partial charge < -0.3 is 20.5 Å². The van der Waals surface area contributed by atoms with Gasteiger partial charge in [0.15, 0.2) is 5.82 Å². The molecule has 0 saturated carbocycles. The third-order valence-electron chi connectivity index (χ3n) is 2.53. The lowest BCUT2D eigenvalue weighted by atomic mass is 10.3. The molecule has 0 unspecified atom stereocenters. The molecule has 0 amide bonds. The van der Waals surface area contributed by atoms with Gasteiger partial charge in [-0.2, -0.15) is 4.98 Å². The van der Waals surface area contributed by atoms with Crippen LogP contribution in [0.25, 0.3) is 0 Å². The van der Waals surface area contributed by atoms with Crippen LogP contribution in [0.3, 0.4) is 0 Å². The minimum absolute atomic E-state index is 0.260. The molecule has 0 atom stereocenters. The van der Waals surface area contributed by atoms with Gasteiger partial charge in [-0.05, 0) is 20.3 Å². The first kappa shape index (κ1) is 15.5. The lowest BCUT2D eigenvalue weighted by Gasteiger charge is -2.12. The zero-order valence-electron chi connectivity index (χ0n) is 12.2. The number of methoxy groups -OCH3 is 1. The number of hydrogen-bond acceptors (Lipinski definition) is 6. The second-order valence-corrected chi connectivity index (χ2v) is 4.46. The van der Waals surface area contributed by atoms with Gasteiger partial charge >= 0.3 is 0 Å².